The summed E-state index contributed by atoms with van der Waals surface area (Å²) in [5.41, 5.74) is 0.629. The largest absolute Gasteiger partial charge is 0.493 e. The Kier molecular flexibility index (Phi) is 6.47. The fraction of sp³-hybridized carbons (Fsp3) is 0.500. The van der Waals surface area contributed by atoms with E-state index in [4.69, 9.17) is 14.2 Å². The van der Waals surface area contributed by atoms with Gasteiger partial charge in [-0.2, -0.15) is 0 Å². The van der Waals surface area contributed by atoms with Crippen molar-refractivity contribution in [2.24, 2.45) is 5.92 Å². The summed E-state index contributed by atoms with van der Waals surface area (Å²) in [4.78, 5) is 14.5. The second kappa shape index (κ2) is 8.58. The highest BCUT2D eigenvalue weighted by Gasteiger charge is 2.24. The highest BCUT2D eigenvalue weighted by atomic mass is 16.5. The SMILES string of the molecule is C=CCOCC1CCN(C(=O)c2ccc(OC)c(OC)c2)CC1. The standard InChI is InChI=1S/C18H25NO4/c1-4-11-23-13-14-7-9-19(10-8-14)18(20)15-5-6-16(21-2)17(12-15)22-3/h4-6,12,14H,1,7-11,13H2,2-3H3. The van der Waals surface area contributed by atoms with E-state index in [0.717, 1.165) is 32.5 Å². The topological polar surface area (TPSA) is 48.0 Å². The molecule has 0 aliphatic carbocycles. The first kappa shape index (κ1) is 17.3. The van der Waals surface area contributed by atoms with Crippen LogP contribution in [0.25, 0.3) is 0 Å². The van der Waals surface area contributed by atoms with Gasteiger partial charge in [0.2, 0.25) is 0 Å². The zero-order chi connectivity index (χ0) is 16.7. The van der Waals surface area contributed by atoms with Gasteiger partial charge in [-0.1, -0.05) is 6.08 Å². The molecule has 0 saturated carbocycles. The number of hydrogen-bond acceptors (Lipinski definition) is 4. The van der Waals surface area contributed by atoms with Crippen molar-refractivity contribution in [3.8, 4) is 11.5 Å². The molecule has 1 heterocycles. The van der Waals surface area contributed by atoms with Crippen LogP contribution in [-0.4, -0.2) is 51.3 Å². The Morgan fingerprint density at radius 3 is 2.57 bits per heavy atom. The monoisotopic (exact) mass is 319 g/mol. The highest BCUT2D eigenvalue weighted by molar-refractivity contribution is 5.95. The third-order valence-corrected chi connectivity index (χ3v) is 4.12. The molecule has 1 amide bonds. The number of carbonyl (C=O) groups is 1. The zero-order valence-electron chi connectivity index (χ0n) is 13.9. The Morgan fingerprint density at radius 1 is 1.26 bits per heavy atom. The molecule has 2 rings (SSSR count). The lowest BCUT2D eigenvalue weighted by molar-refractivity contribution is 0.0575. The van der Waals surface area contributed by atoms with E-state index in [1.807, 2.05) is 4.90 Å². The van der Waals surface area contributed by atoms with Crippen LogP contribution in [0.3, 0.4) is 0 Å². The van der Waals surface area contributed by atoms with Gasteiger partial charge >= 0.3 is 0 Å². The second-order valence-electron chi connectivity index (χ2n) is 5.63. The van der Waals surface area contributed by atoms with Crippen LogP contribution in [0.5, 0.6) is 11.5 Å². The van der Waals surface area contributed by atoms with Crippen molar-refractivity contribution >= 4 is 5.91 Å². The minimum Gasteiger partial charge on any atom is -0.493 e. The van der Waals surface area contributed by atoms with E-state index in [1.54, 1.807) is 38.5 Å². The van der Waals surface area contributed by atoms with Gasteiger partial charge in [0, 0.05) is 25.3 Å². The van der Waals surface area contributed by atoms with Gasteiger partial charge in [-0.25, -0.2) is 0 Å². The third kappa shape index (κ3) is 4.48. The average Bonchev–Trinajstić information content (AvgIpc) is 2.61. The van der Waals surface area contributed by atoms with Gasteiger partial charge in [-0.3, -0.25) is 4.79 Å². The lowest BCUT2D eigenvalue weighted by Gasteiger charge is -2.32. The molecule has 0 bridgehead atoms. The molecule has 23 heavy (non-hydrogen) atoms. The van der Waals surface area contributed by atoms with Gasteiger partial charge < -0.3 is 19.1 Å². The van der Waals surface area contributed by atoms with Gasteiger partial charge in [0.05, 0.1) is 20.8 Å². The number of amides is 1. The molecule has 126 valence electrons. The molecule has 0 N–H and O–H groups in total. The number of ether oxygens (including phenoxy) is 3. The predicted octanol–water partition coefficient (Wildman–Crippen LogP) is 2.76. The summed E-state index contributed by atoms with van der Waals surface area (Å²) in [5, 5.41) is 0. The molecule has 1 fully saturated rings. The number of piperidine rings is 1. The van der Waals surface area contributed by atoms with E-state index in [2.05, 4.69) is 6.58 Å². The summed E-state index contributed by atoms with van der Waals surface area (Å²) < 4.78 is 16.0. The molecule has 1 aromatic rings. The van der Waals surface area contributed by atoms with Crippen molar-refractivity contribution in [3.63, 3.8) is 0 Å². The lowest BCUT2D eigenvalue weighted by atomic mass is 9.97. The summed E-state index contributed by atoms with van der Waals surface area (Å²) in [7, 11) is 3.15. The Labute approximate surface area is 137 Å². The fourth-order valence-corrected chi connectivity index (χ4v) is 2.77. The summed E-state index contributed by atoms with van der Waals surface area (Å²) >= 11 is 0. The first-order valence-electron chi connectivity index (χ1n) is 7.89. The quantitative estimate of drug-likeness (QED) is 0.573. The Morgan fingerprint density at radius 2 is 1.96 bits per heavy atom. The van der Waals surface area contributed by atoms with Gasteiger partial charge in [-0.05, 0) is 37.0 Å². The minimum absolute atomic E-state index is 0.0383. The van der Waals surface area contributed by atoms with Crippen LogP contribution < -0.4 is 9.47 Å². The maximum atomic E-state index is 12.6. The van der Waals surface area contributed by atoms with Crippen molar-refractivity contribution < 1.29 is 19.0 Å². The Balaban J connectivity index is 1.93. The first-order chi connectivity index (χ1) is 11.2. The van der Waals surface area contributed by atoms with Gasteiger partial charge in [-0.15, -0.1) is 6.58 Å². The molecular formula is C18H25NO4. The van der Waals surface area contributed by atoms with Crippen LogP contribution in [0.2, 0.25) is 0 Å². The Bertz CT molecular complexity index is 536. The van der Waals surface area contributed by atoms with E-state index in [-0.39, 0.29) is 5.91 Å². The number of hydrogen-bond donors (Lipinski definition) is 0. The molecule has 1 aliphatic rings. The van der Waals surface area contributed by atoms with E-state index < -0.39 is 0 Å². The number of carbonyl (C=O) groups excluding carboxylic acids is 1. The predicted molar refractivity (Wildman–Crippen MR) is 89.2 cm³/mol. The van der Waals surface area contributed by atoms with Crippen LogP contribution in [0, 0.1) is 5.92 Å². The summed E-state index contributed by atoms with van der Waals surface area (Å²) in [6, 6.07) is 5.28. The molecule has 0 unspecified atom stereocenters. The van der Waals surface area contributed by atoms with Crippen LogP contribution in [-0.2, 0) is 4.74 Å². The number of methoxy groups -OCH3 is 2. The molecule has 0 aromatic heterocycles. The maximum absolute atomic E-state index is 12.6. The maximum Gasteiger partial charge on any atom is 0.253 e. The third-order valence-electron chi connectivity index (χ3n) is 4.12. The first-order valence-corrected chi connectivity index (χ1v) is 7.89. The fourth-order valence-electron chi connectivity index (χ4n) is 2.77. The molecular weight excluding hydrogens is 294 g/mol. The molecule has 5 heteroatoms. The van der Waals surface area contributed by atoms with E-state index >= 15 is 0 Å². The summed E-state index contributed by atoms with van der Waals surface area (Å²) in [6.45, 7) is 6.49. The van der Waals surface area contributed by atoms with Crippen molar-refractivity contribution in [2.75, 3.05) is 40.5 Å². The molecule has 0 atom stereocenters. The average molecular weight is 319 g/mol. The van der Waals surface area contributed by atoms with Crippen LogP contribution >= 0.6 is 0 Å². The van der Waals surface area contributed by atoms with Crippen molar-refractivity contribution in [1.29, 1.82) is 0 Å². The van der Waals surface area contributed by atoms with Crippen LogP contribution in [0.1, 0.15) is 23.2 Å². The van der Waals surface area contributed by atoms with Crippen LogP contribution in [0.15, 0.2) is 30.9 Å². The van der Waals surface area contributed by atoms with Crippen molar-refractivity contribution in [3.05, 3.63) is 36.4 Å². The normalized spacial score (nSPS) is 15.3. The smallest absolute Gasteiger partial charge is 0.253 e. The molecule has 1 aromatic carbocycles. The zero-order valence-corrected chi connectivity index (χ0v) is 13.9. The number of rotatable bonds is 7. The van der Waals surface area contributed by atoms with Crippen molar-refractivity contribution in [2.45, 2.75) is 12.8 Å². The van der Waals surface area contributed by atoms with Gasteiger partial charge in [0.15, 0.2) is 11.5 Å². The summed E-state index contributed by atoms with van der Waals surface area (Å²) in [6.07, 6.45) is 3.70. The van der Waals surface area contributed by atoms with E-state index in [1.165, 1.54) is 0 Å². The minimum atomic E-state index is 0.0383. The van der Waals surface area contributed by atoms with E-state index in [0.29, 0.717) is 29.6 Å². The lowest BCUT2D eigenvalue weighted by Crippen LogP contribution is -2.39. The summed E-state index contributed by atoms with van der Waals surface area (Å²) in [5.74, 6) is 1.76. The second-order valence-corrected chi connectivity index (χ2v) is 5.63. The number of nitrogens with zero attached hydrogens (tertiary/aromatic N) is 1. The van der Waals surface area contributed by atoms with Crippen molar-refractivity contribution in [1.82, 2.24) is 4.90 Å². The van der Waals surface area contributed by atoms with E-state index in [9.17, 15) is 4.79 Å². The molecule has 1 aliphatic heterocycles. The molecule has 5 nitrogen and oxygen atoms in total. The van der Waals surface area contributed by atoms with Gasteiger partial charge in [0.1, 0.15) is 0 Å². The number of likely N-dealkylation sites (tertiary alicyclic amines) is 1. The van der Waals surface area contributed by atoms with Crippen LogP contribution in [0.4, 0.5) is 0 Å². The highest BCUT2D eigenvalue weighted by Crippen LogP contribution is 2.28. The Hall–Kier alpha value is -2.01. The number of benzene rings is 1. The van der Waals surface area contributed by atoms with Gasteiger partial charge in [0.25, 0.3) is 5.91 Å². The molecule has 0 radical (unpaired) electrons. The molecule has 1 saturated heterocycles. The molecule has 0 spiro atoms.